The smallest absolute Gasteiger partial charge is 0.188 e. The van der Waals surface area contributed by atoms with Gasteiger partial charge in [0.1, 0.15) is 11.5 Å². The molecule has 0 saturated carbocycles. The molecule has 1 aromatic heterocycles. The molecule has 0 atom stereocenters. The van der Waals surface area contributed by atoms with Gasteiger partial charge < -0.3 is 9.64 Å². The van der Waals surface area contributed by atoms with Gasteiger partial charge in [-0.2, -0.15) is 0 Å². The number of fused-ring (bicyclic) bond motifs is 7. The Morgan fingerprint density at radius 2 is 0.967 bits per heavy atom. The van der Waals surface area contributed by atoms with Crippen molar-refractivity contribution in [2.45, 2.75) is 0 Å². The third-order valence-electron chi connectivity index (χ3n) is 12.4. The third-order valence-corrected chi connectivity index (χ3v) is 18.4. The topological polar surface area (TPSA) is 12.5 Å². The Bertz CT molecular complexity index is 3380. The van der Waals surface area contributed by atoms with Crippen LogP contribution in [0.5, 0.6) is 11.5 Å². The molecule has 12 rings (SSSR count). The maximum atomic E-state index is 6.72. The zero-order valence-corrected chi connectivity index (χ0v) is 34.4. The largest absolute Gasteiger partial charge is 0.458 e. The molecule has 0 N–H and O–H groups in total. The van der Waals surface area contributed by atoms with Crippen LogP contribution in [0.15, 0.2) is 224 Å². The predicted octanol–water partition coefficient (Wildman–Crippen LogP) is 13.0. The van der Waals surface area contributed by atoms with Crippen molar-refractivity contribution in [2.24, 2.45) is 0 Å². The van der Waals surface area contributed by atoms with E-state index in [1.54, 1.807) is 0 Å². The SMILES string of the molecule is c1ccc([Si]2(c3cccc4c(N(c5ccc(-c6cccc7ccccc67)cc5)c5ccc6c(c5)sc5ccccc56)cccc34)c3ccccc3Oc3ccccc32)cc1. The summed E-state index contributed by atoms with van der Waals surface area (Å²) >= 11 is 1.86. The molecule has 11 aromatic rings. The van der Waals surface area contributed by atoms with Gasteiger partial charge in [-0.05, 0) is 96.6 Å². The highest BCUT2D eigenvalue weighted by Crippen LogP contribution is 2.44. The van der Waals surface area contributed by atoms with E-state index < -0.39 is 8.07 Å². The van der Waals surface area contributed by atoms with Crippen molar-refractivity contribution in [3.8, 4) is 22.6 Å². The van der Waals surface area contributed by atoms with Gasteiger partial charge in [0, 0.05) is 36.9 Å². The van der Waals surface area contributed by atoms with E-state index in [1.807, 2.05) is 11.3 Å². The van der Waals surface area contributed by atoms with E-state index in [0.29, 0.717) is 0 Å². The highest BCUT2D eigenvalue weighted by molar-refractivity contribution is 7.25. The van der Waals surface area contributed by atoms with Gasteiger partial charge in [0.25, 0.3) is 0 Å². The molecule has 2 heterocycles. The molecule has 0 spiro atoms. The maximum Gasteiger partial charge on any atom is 0.188 e. The van der Waals surface area contributed by atoms with E-state index in [-0.39, 0.29) is 0 Å². The van der Waals surface area contributed by atoms with Gasteiger partial charge in [0.2, 0.25) is 0 Å². The van der Waals surface area contributed by atoms with Crippen LogP contribution in [-0.2, 0) is 0 Å². The lowest BCUT2D eigenvalue weighted by Gasteiger charge is -2.40. The summed E-state index contributed by atoms with van der Waals surface area (Å²) in [6.45, 7) is 0. The molecule has 1 aliphatic rings. The summed E-state index contributed by atoms with van der Waals surface area (Å²) in [5.41, 5.74) is 5.80. The fourth-order valence-electron chi connectivity index (χ4n) is 9.80. The number of para-hydroxylation sites is 2. The van der Waals surface area contributed by atoms with Gasteiger partial charge in [0.05, 0.1) is 5.69 Å². The standard InChI is InChI=1S/C56H37NOSSi/c1-2-17-42(18-3-1)60(55-28-10-7-25-50(55)58-51-26-8-11-29-56(51)60)54-30-14-22-45-48(54)23-13-24-49(45)57(41-35-36-47-46-20-6-9-27-52(46)59-53(47)37-41)40-33-31-39(32-34-40)44-21-12-16-38-15-4-5-19-43(38)44/h1-37H. The number of benzene rings is 10. The first-order valence-electron chi connectivity index (χ1n) is 20.5. The van der Waals surface area contributed by atoms with Crippen molar-refractivity contribution in [2.75, 3.05) is 4.90 Å². The van der Waals surface area contributed by atoms with E-state index >= 15 is 0 Å². The van der Waals surface area contributed by atoms with Crippen molar-refractivity contribution in [1.29, 1.82) is 0 Å². The van der Waals surface area contributed by atoms with Crippen LogP contribution in [0.4, 0.5) is 17.1 Å². The molecule has 4 heteroatoms. The average Bonchev–Trinajstić information content (AvgIpc) is 3.69. The van der Waals surface area contributed by atoms with Crippen LogP contribution in [0.25, 0.3) is 52.8 Å². The number of thiophene rings is 1. The minimum Gasteiger partial charge on any atom is -0.458 e. The summed E-state index contributed by atoms with van der Waals surface area (Å²) < 4.78 is 9.30. The van der Waals surface area contributed by atoms with Gasteiger partial charge in [-0.25, -0.2) is 0 Å². The molecule has 0 aliphatic carbocycles. The summed E-state index contributed by atoms with van der Waals surface area (Å²) in [6.07, 6.45) is 0. The van der Waals surface area contributed by atoms with Crippen LogP contribution in [0.1, 0.15) is 0 Å². The first-order chi connectivity index (χ1) is 29.8. The third kappa shape index (κ3) is 5.32. The fourth-order valence-corrected chi connectivity index (χ4v) is 16.1. The summed E-state index contributed by atoms with van der Waals surface area (Å²) in [4.78, 5) is 2.46. The minimum absolute atomic E-state index is 0.935. The lowest BCUT2D eigenvalue weighted by Crippen LogP contribution is -2.76. The van der Waals surface area contributed by atoms with Crippen molar-refractivity contribution < 1.29 is 4.74 Å². The van der Waals surface area contributed by atoms with E-state index in [9.17, 15) is 0 Å². The molecule has 0 radical (unpaired) electrons. The second-order valence-electron chi connectivity index (χ2n) is 15.6. The molecule has 282 valence electrons. The Hall–Kier alpha value is -7.24. The van der Waals surface area contributed by atoms with Gasteiger partial charge in [-0.15, -0.1) is 11.3 Å². The van der Waals surface area contributed by atoms with Crippen LogP contribution in [0, 0.1) is 0 Å². The number of nitrogens with zero attached hydrogens (tertiary/aromatic N) is 1. The lowest BCUT2D eigenvalue weighted by molar-refractivity contribution is 0.487. The van der Waals surface area contributed by atoms with Crippen molar-refractivity contribution in [1.82, 2.24) is 0 Å². The molecule has 0 fully saturated rings. The second-order valence-corrected chi connectivity index (χ2v) is 20.4. The van der Waals surface area contributed by atoms with Crippen LogP contribution >= 0.6 is 11.3 Å². The van der Waals surface area contributed by atoms with Crippen LogP contribution in [0.2, 0.25) is 0 Å². The number of anilines is 3. The molecule has 2 nitrogen and oxygen atoms in total. The Balaban J connectivity index is 1.11. The normalized spacial score (nSPS) is 12.9. The monoisotopic (exact) mass is 799 g/mol. The fraction of sp³-hybridized carbons (Fsp3) is 0. The Morgan fingerprint density at radius 3 is 1.78 bits per heavy atom. The Morgan fingerprint density at radius 1 is 0.383 bits per heavy atom. The quantitative estimate of drug-likeness (QED) is 0.155. The number of ether oxygens (including phenoxy) is 1. The molecule has 0 bridgehead atoms. The molecule has 0 amide bonds. The molecular formula is C56H37NOSSi. The molecule has 60 heavy (non-hydrogen) atoms. The van der Waals surface area contributed by atoms with E-state index in [0.717, 1.165) is 28.6 Å². The van der Waals surface area contributed by atoms with Gasteiger partial charge in [-0.3, -0.25) is 0 Å². The van der Waals surface area contributed by atoms with Crippen molar-refractivity contribution >= 4 is 98.9 Å². The highest BCUT2D eigenvalue weighted by atomic mass is 32.1. The average molecular weight is 800 g/mol. The van der Waals surface area contributed by atoms with E-state index in [4.69, 9.17) is 4.74 Å². The zero-order chi connectivity index (χ0) is 39.6. The summed E-state index contributed by atoms with van der Waals surface area (Å²) in [5, 5.41) is 12.8. The van der Waals surface area contributed by atoms with Gasteiger partial charge in [-0.1, -0.05) is 176 Å². The molecular weight excluding hydrogens is 763 g/mol. The molecule has 10 aromatic carbocycles. The first kappa shape index (κ1) is 34.8. The number of hydrogen-bond acceptors (Lipinski definition) is 3. The van der Waals surface area contributed by atoms with Crippen molar-refractivity contribution in [3.63, 3.8) is 0 Å². The highest BCUT2D eigenvalue weighted by Gasteiger charge is 2.48. The van der Waals surface area contributed by atoms with E-state index in [2.05, 4.69) is 229 Å². The molecule has 1 aliphatic heterocycles. The molecule has 0 unspecified atom stereocenters. The Kier molecular flexibility index (Phi) is 8.08. The summed E-state index contributed by atoms with van der Waals surface area (Å²) in [5.74, 6) is 1.87. The van der Waals surface area contributed by atoms with Gasteiger partial charge >= 0.3 is 0 Å². The lowest BCUT2D eigenvalue weighted by atomic mass is 9.98. The molecule has 0 saturated heterocycles. The number of hydrogen-bond donors (Lipinski definition) is 0. The van der Waals surface area contributed by atoms with Crippen LogP contribution < -0.4 is 30.4 Å². The van der Waals surface area contributed by atoms with E-state index in [1.165, 1.54) is 73.6 Å². The predicted molar refractivity (Wildman–Crippen MR) is 258 cm³/mol. The number of rotatable bonds is 6. The maximum absolute atomic E-state index is 6.72. The van der Waals surface area contributed by atoms with Crippen molar-refractivity contribution in [3.05, 3.63) is 224 Å². The first-order valence-corrected chi connectivity index (χ1v) is 23.3. The summed E-state index contributed by atoms with van der Waals surface area (Å²) in [6, 6.07) is 82.6. The minimum atomic E-state index is -2.92. The second kappa shape index (κ2) is 14.0. The Labute approximate surface area is 353 Å². The van der Waals surface area contributed by atoms with Gasteiger partial charge in [0.15, 0.2) is 8.07 Å². The van der Waals surface area contributed by atoms with Crippen LogP contribution in [0.3, 0.4) is 0 Å². The summed E-state index contributed by atoms with van der Waals surface area (Å²) in [7, 11) is -2.92. The zero-order valence-electron chi connectivity index (χ0n) is 32.6. The van der Waals surface area contributed by atoms with Crippen LogP contribution in [-0.4, -0.2) is 8.07 Å².